The van der Waals surface area contributed by atoms with Crippen LogP contribution >= 0.6 is 23.2 Å². The molecule has 0 unspecified atom stereocenters. The van der Waals surface area contributed by atoms with Crippen LogP contribution in [0.5, 0.6) is 0 Å². The van der Waals surface area contributed by atoms with Crippen LogP contribution in [0.4, 0.5) is 13.2 Å². The molecule has 0 saturated heterocycles. The van der Waals surface area contributed by atoms with Crippen molar-refractivity contribution in [3.63, 3.8) is 0 Å². The van der Waals surface area contributed by atoms with Gasteiger partial charge in [-0.25, -0.2) is 9.59 Å². The fourth-order valence-electron chi connectivity index (χ4n) is 2.00. The van der Waals surface area contributed by atoms with E-state index in [2.05, 4.69) is 9.84 Å². The number of hydrogen-bond acceptors (Lipinski definition) is 4. The molecule has 2 rings (SSSR count). The Bertz CT molecular complexity index is 835. The predicted octanol–water partition coefficient (Wildman–Crippen LogP) is 3.17. The standard InChI is InChI=1S/C13H10Cl2F3N3O3/c1-3-20-10(11(22)24-2)19-21(12(20)23)9-7(14)4-6(5-8(9)15)13(16,17)18/h4-5H,3H2,1-2H3. The summed E-state index contributed by atoms with van der Waals surface area (Å²) >= 11 is 11.7. The normalized spacial score (nSPS) is 11.6. The maximum atomic E-state index is 12.8. The monoisotopic (exact) mass is 383 g/mol. The van der Waals surface area contributed by atoms with E-state index in [9.17, 15) is 22.8 Å². The van der Waals surface area contributed by atoms with Gasteiger partial charge < -0.3 is 4.74 Å². The molecule has 0 aliphatic heterocycles. The maximum absolute atomic E-state index is 12.8. The van der Waals surface area contributed by atoms with E-state index in [0.29, 0.717) is 16.8 Å². The first kappa shape index (κ1) is 18.3. The molecular formula is C13H10Cl2F3N3O3. The summed E-state index contributed by atoms with van der Waals surface area (Å²) in [4.78, 5) is 24.0. The van der Waals surface area contributed by atoms with Crippen LogP contribution in [0.15, 0.2) is 16.9 Å². The lowest BCUT2D eigenvalue weighted by molar-refractivity contribution is -0.137. The summed E-state index contributed by atoms with van der Waals surface area (Å²) in [5.74, 6) is -1.20. The molecule has 6 nitrogen and oxygen atoms in total. The van der Waals surface area contributed by atoms with Crippen molar-refractivity contribution < 1.29 is 22.7 Å². The number of hydrogen-bond donors (Lipinski definition) is 0. The molecule has 0 N–H and O–H groups in total. The van der Waals surface area contributed by atoms with Crippen LogP contribution in [0.1, 0.15) is 23.1 Å². The van der Waals surface area contributed by atoms with Gasteiger partial charge in [-0.1, -0.05) is 23.2 Å². The van der Waals surface area contributed by atoms with Gasteiger partial charge in [-0.2, -0.15) is 17.9 Å². The second-order valence-corrected chi connectivity index (χ2v) is 5.35. The molecule has 0 aliphatic rings. The van der Waals surface area contributed by atoms with Gasteiger partial charge in [0.25, 0.3) is 0 Å². The summed E-state index contributed by atoms with van der Waals surface area (Å²) in [5.41, 5.74) is -2.12. The van der Waals surface area contributed by atoms with Crippen molar-refractivity contribution in [3.8, 4) is 5.69 Å². The van der Waals surface area contributed by atoms with Gasteiger partial charge in [0.2, 0.25) is 5.82 Å². The molecule has 1 aromatic heterocycles. The van der Waals surface area contributed by atoms with Gasteiger partial charge in [-0.15, -0.1) is 5.10 Å². The third kappa shape index (κ3) is 3.13. The number of ether oxygens (including phenoxy) is 1. The smallest absolute Gasteiger partial charge is 0.416 e. The molecule has 0 spiro atoms. The lowest BCUT2D eigenvalue weighted by atomic mass is 10.2. The molecule has 0 bridgehead atoms. The Morgan fingerprint density at radius 2 is 1.83 bits per heavy atom. The molecule has 2 aromatic rings. The molecule has 0 aliphatic carbocycles. The van der Waals surface area contributed by atoms with Crippen LogP contribution in [0.3, 0.4) is 0 Å². The van der Waals surface area contributed by atoms with E-state index in [1.807, 2.05) is 0 Å². The molecule has 1 aromatic carbocycles. The Morgan fingerprint density at radius 1 is 1.29 bits per heavy atom. The molecule has 1 heterocycles. The molecule has 0 fully saturated rings. The average molecular weight is 384 g/mol. The summed E-state index contributed by atoms with van der Waals surface area (Å²) in [5, 5.41) is 2.91. The number of nitrogens with zero attached hydrogens (tertiary/aromatic N) is 3. The SMILES string of the molecule is CCn1c(C(=O)OC)nn(-c2c(Cl)cc(C(F)(F)F)cc2Cl)c1=O. The van der Waals surface area contributed by atoms with Gasteiger partial charge >= 0.3 is 17.8 Å². The van der Waals surface area contributed by atoms with Crippen LogP contribution in [-0.2, 0) is 17.5 Å². The molecular weight excluding hydrogens is 374 g/mol. The van der Waals surface area contributed by atoms with E-state index in [4.69, 9.17) is 23.2 Å². The maximum Gasteiger partial charge on any atom is 0.416 e. The topological polar surface area (TPSA) is 66.1 Å². The lowest BCUT2D eigenvalue weighted by Crippen LogP contribution is -2.25. The number of methoxy groups -OCH3 is 1. The third-order valence-electron chi connectivity index (χ3n) is 3.10. The van der Waals surface area contributed by atoms with Crippen molar-refractivity contribution in [3.05, 3.63) is 44.1 Å². The van der Waals surface area contributed by atoms with Gasteiger partial charge in [-0.3, -0.25) is 4.57 Å². The first-order valence-electron chi connectivity index (χ1n) is 6.46. The van der Waals surface area contributed by atoms with Crippen LogP contribution < -0.4 is 5.69 Å². The van der Waals surface area contributed by atoms with Crippen molar-refractivity contribution in [1.82, 2.24) is 14.3 Å². The first-order valence-corrected chi connectivity index (χ1v) is 7.22. The Labute approximate surface area is 143 Å². The zero-order valence-electron chi connectivity index (χ0n) is 12.3. The van der Waals surface area contributed by atoms with Crippen molar-refractivity contribution >= 4 is 29.2 Å². The van der Waals surface area contributed by atoms with E-state index in [-0.39, 0.29) is 18.1 Å². The average Bonchev–Trinajstić information content (AvgIpc) is 2.81. The number of rotatable bonds is 3. The highest BCUT2D eigenvalue weighted by molar-refractivity contribution is 6.37. The molecule has 24 heavy (non-hydrogen) atoms. The molecule has 0 atom stereocenters. The highest BCUT2D eigenvalue weighted by atomic mass is 35.5. The Morgan fingerprint density at radius 3 is 2.25 bits per heavy atom. The zero-order valence-corrected chi connectivity index (χ0v) is 13.8. The molecule has 0 radical (unpaired) electrons. The van der Waals surface area contributed by atoms with E-state index in [0.717, 1.165) is 11.7 Å². The fourth-order valence-corrected chi connectivity index (χ4v) is 2.65. The third-order valence-corrected chi connectivity index (χ3v) is 3.68. The van der Waals surface area contributed by atoms with Gasteiger partial charge in [-0.05, 0) is 19.1 Å². The van der Waals surface area contributed by atoms with E-state index >= 15 is 0 Å². The summed E-state index contributed by atoms with van der Waals surface area (Å²) in [6, 6.07) is 1.25. The number of carbonyl (C=O) groups is 1. The fraction of sp³-hybridized carbons (Fsp3) is 0.308. The highest BCUT2D eigenvalue weighted by Gasteiger charge is 2.33. The number of carbonyl (C=O) groups excluding carboxylic acids is 1. The van der Waals surface area contributed by atoms with Crippen LogP contribution in [0.2, 0.25) is 10.0 Å². The van der Waals surface area contributed by atoms with Crippen LogP contribution in [0, 0.1) is 0 Å². The summed E-state index contributed by atoms with van der Waals surface area (Å²) in [7, 11) is 1.10. The van der Waals surface area contributed by atoms with Gasteiger partial charge in [0.15, 0.2) is 0 Å². The highest BCUT2D eigenvalue weighted by Crippen LogP contribution is 2.36. The van der Waals surface area contributed by atoms with Crippen molar-refractivity contribution in [2.75, 3.05) is 7.11 Å². The number of aromatic nitrogens is 3. The summed E-state index contributed by atoms with van der Waals surface area (Å²) < 4.78 is 44.5. The van der Waals surface area contributed by atoms with Crippen molar-refractivity contribution in [2.24, 2.45) is 0 Å². The van der Waals surface area contributed by atoms with Gasteiger partial charge in [0.05, 0.1) is 22.7 Å². The lowest BCUT2D eigenvalue weighted by Gasteiger charge is -2.11. The summed E-state index contributed by atoms with van der Waals surface area (Å²) in [6.07, 6.45) is -4.66. The quantitative estimate of drug-likeness (QED) is 0.763. The Kier molecular flexibility index (Phi) is 4.95. The Hall–Kier alpha value is -2.00. The summed E-state index contributed by atoms with van der Waals surface area (Å²) in [6.45, 7) is 1.66. The van der Waals surface area contributed by atoms with E-state index in [1.54, 1.807) is 6.92 Å². The Balaban J connectivity index is 2.72. The number of alkyl halides is 3. The minimum atomic E-state index is -4.66. The zero-order chi connectivity index (χ0) is 18.2. The molecule has 0 saturated carbocycles. The number of halogens is 5. The van der Waals surface area contributed by atoms with E-state index < -0.39 is 33.4 Å². The minimum absolute atomic E-state index is 0.0825. The first-order chi connectivity index (χ1) is 11.1. The number of benzene rings is 1. The minimum Gasteiger partial charge on any atom is -0.463 e. The van der Waals surface area contributed by atoms with Crippen molar-refractivity contribution in [2.45, 2.75) is 19.6 Å². The molecule has 0 amide bonds. The van der Waals surface area contributed by atoms with Crippen molar-refractivity contribution in [1.29, 1.82) is 0 Å². The van der Waals surface area contributed by atoms with Crippen LogP contribution in [0.25, 0.3) is 5.69 Å². The second kappa shape index (κ2) is 6.48. The van der Waals surface area contributed by atoms with Gasteiger partial charge in [0, 0.05) is 6.54 Å². The predicted molar refractivity (Wildman–Crippen MR) is 79.9 cm³/mol. The van der Waals surface area contributed by atoms with Crippen LogP contribution in [-0.4, -0.2) is 27.4 Å². The van der Waals surface area contributed by atoms with Gasteiger partial charge in [0.1, 0.15) is 5.69 Å². The number of esters is 1. The van der Waals surface area contributed by atoms with E-state index in [1.165, 1.54) is 0 Å². The molecule has 11 heteroatoms. The second-order valence-electron chi connectivity index (χ2n) is 4.54. The molecule has 130 valence electrons. The largest absolute Gasteiger partial charge is 0.463 e.